The zero-order chi connectivity index (χ0) is 22.3. The molecule has 0 spiro atoms. The first kappa shape index (κ1) is 21.2. The van der Waals surface area contributed by atoms with Crippen molar-refractivity contribution < 1.29 is 13.2 Å². The molecule has 3 heterocycles. The standard InChI is InChI=1S/C23H24N4O3S2/c1-26-22(18-12-13-32(29,30)15-18)24-25-23(26)31-14-21(28)27-19-8-4-2-6-16(19)10-11-17-7-3-5-9-20(17)27/h2-9,18H,10-15H2,1H3. The van der Waals surface area contributed by atoms with Crippen LogP contribution in [-0.4, -0.2) is 46.3 Å². The number of aromatic nitrogens is 3. The number of benzene rings is 2. The number of para-hydroxylation sites is 2. The molecule has 0 N–H and O–H groups in total. The molecular weight excluding hydrogens is 444 g/mol. The summed E-state index contributed by atoms with van der Waals surface area (Å²) in [5.74, 6) is 1.03. The van der Waals surface area contributed by atoms with Crippen molar-refractivity contribution in [3.63, 3.8) is 0 Å². The molecule has 1 aromatic heterocycles. The summed E-state index contributed by atoms with van der Waals surface area (Å²) in [5, 5.41) is 9.11. The Hall–Kier alpha value is -2.65. The SMILES string of the molecule is Cn1c(SCC(=O)N2c3ccccc3CCc3ccccc32)nnc1C1CCS(=O)(=O)C1. The van der Waals surface area contributed by atoms with Crippen LogP contribution in [0.25, 0.3) is 0 Å². The van der Waals surface area contributed by atoms with Crippen LogP contribution in [0.15, 0.2) is 53.7 Å². The van der Waals surface area contributed by atoms with E-state index in [1.54, 1.807) is 0 Å². The third-order valence-electron chi connectivity index (χ3n) is 6.17. The van der Waals surface area contributed by atoms with Crippen LogP contribution in [-0.2, 0) is 34.5 Å². The Morgan fingerprint density at radius 2 is 1.66 bits per heavy atom. The summed E-state index contributed by atoms with van der Waals surface area (Å²) in [6.07, 6.45) is 2.35. The maximum Gasteiger partial charge on any atom is 0.242 e. The van der Waals surface area contributed by atoms with E-state index in [1.807, 2.05) is 52.9 Å². The van der Waals surface area contributed by atoms with Gasteiger partial charge in [0.25, 0.3) is 0 Å². The van der Waals surface area contributed by atoms with Gasteiger partial charge in [0.1, 0.15) is 5.82 Å². The van der Waals surface area contributed by atoms with Gasteiger partial charge >= 0.3 is 0 Å². The molecule has 9 heteroatoms. The number of anilines is 2. The number of rotatable bonds is 4. The van der Waals surface area contributed by atoms with Gasteiger partial charge in [-0.15, -0.1) is 10.2 Å². The minimum absolute atomic E-state index is 0.0233. The molecule has 1 atom stereocenters. The quantitative estimate of drug-likeness (QED) is 0.547. The third kappa shape index (κ3) is 3.95. The molecule has 2 aromatic carbocycles. The number of nitrogens with zero attached hydrogens (tertiary/aromatic N) is 4. The van der Waals surface area contributed by atoms with Gasteiger partial charge in [0.15, 0.2) is 15.0 Å². The van der Waals surface area contributed by atoms with Crippen molar-refractivity contribution in [2.75, 3.05) is 22.2 Å². The van der Waals surface area contributed by atoms with Crippen molar-refractivity contribution in [1.29, 1.82) is 0 Å². The minimum Gasteiger partial charge on any atom is -0.309 e. The van der Waals surface area contributed by atoms with Gasteiger partial charge in [0.2, 0.25) is 5.91 Å². The number of thioether (sulfide) groups is 1. The predicted molar refractivity (Wildman–Crippen MR) is 125 cm³/mol. The first-order valence-electron chi connectivity index (χ1n) is 10.6. The van der Waals surface area contributed by atoms with Crippen LogP contribution in [0.1, 0.15) is 29.3 Å². The van der Waals surface area contributed by atoms with E-state index < -0.39 is 9.84 Å². The van der Waals surface area contributed by atoms with Crippen molar-refractivity contribution in [2.24, 2.45) is 7.05 Å². The highest BCUT2D eigenvalue weighted by Gasteiger charge is 2.33. The Bertz CT molecular complexity index is 1240. The Morgan fingerprint density at radius 1 is 1.03 bits per heavy atom. The molecule has 0 aliphatic carbocycles. The number of fused-ring (bicyclic) bond motifs is 2. The van der Waals surface area contributed by atoms with Crippen molar-refractivity contribution >= 4 is 38.9 Å². The van der Waals surface area contributed by atoms with Crippen LogP contribution in [0.3, 0.4) is 0 Å². The molecule has 0 saturated carbocycles. The number of hydrogen-bond donors (Lipinski definition) is 0. The summed E-state index contributed by atoms with van der Waals surface area (Å²) in [6.45, 7) is 0. The molecule has 0 radical (unpaired) electrons. The highest BCUT2D eigenvalue weighted by atomic mass is 32.2. The summed E-state index contributed by atoms with van der Waals surface area (Å²) in [4.78, 5) is 15.3. The lowest BCUT2D eigenvalue weighted by Crippen LogP contribution is -2.28. The summed E-state index contributed by atoms with van der Waals surface area (Å²) in [7, 11) is -1.16. The minimum atomic E-state index is -3.00. The second kappa shape index (κ2) is 8.37. The van der Waals surface area contributed by atoms with Gasteiger partial charge in [-0.1, -0.05) is 48.2 Å². The van der Waals surface area contributed by atoms with E-state index in [0.717, 1.165) is 35.3 Å². The molecular formula is C23H24N4O3S2. The van der Waals surface area contributed by atoms with Crippen molar-refractivity contribution in [2.45, 2.75) is 30.3 Å². The highest BCUT2D eigenvalue weighted by Crippen LogP contribution is 2.37. The lowest BCUT2D eigenvalue weighted by molar-refractivity contribution is -0.115. The number of aryl methyl sites for hydroxylation is 2. The molecule has 7 nitrogen and oxygen atoms in total. The second-order valence-corrected chi connectivity index (χ2v) is 11.4. The summed E-state index contributed by atoms with van der Waals surface area (Å²) < 4.78 is 25.5. The maximum absolute atomic E-state index is 13.5. The third-order valence-corrected chi connectivity index (χ3v) is 8.94. The maximum atomic E-state index is 13.5. The van der Waals surface area contributed by atoms with Crippen LogP contribution in [0.4, 0.5) is 11.4 Å². The first-order chi connectivity index (χ1) is 15.4. The van der Waals surface area contributed by atoms with Gasteiger partial charge in [0, 0.05) is 13.0 Å². The molecule has 2 aliphatic rings. The van der Waals surface area contributed by atoms with Crippen LogP contribution >= 0.6 is 11.8 Å². The molecule has 32 heavy (non-hydrogen) atoms. The largest absolute Gasteiger partial charge is 0.309 e. The Balaban J connectivity index is 1.39. The fourth-order valence-corrected chi connectivity index (χ4v) is 7.05. The van der Waals surface area contributed by atoms with Crippen LogP contribution in [0.5, 0.6) is 0 Å². The lowest BCUT2D eigenvalue weighted by Gasteiger charge is -2.24. The number of amides is 1. The number of hydrogen-bond acceptors (Lipinski definition) is 6. The highest BCUT2D eigenvalue weighted by molar-refractivity contribution is 7.99. The summed E-state index contributed by atoms with van der Waals surface area (Å²) in [6, 6.07) is 16.1. The topological polar surface area (TPSA) is 85.2 Å². The van der Waals surface area contributed by atoms with Crippen LogP contribution in [0.2, 0.25) is 0 Å². The van der Waals surface area contributed by atoms with E-state index in [2.05, 4.69) is 22.3 Å². The van der Waals surface area contributed by atoms with Crippen molar-refractivity contribution in [1.82, 2.24) is 14.8 Å². The van der Waals surface area contributed by atoms with Crippen molar-refractivity contribution in [3.8, 4) is 0 Å². The molecule has 1 unspecified atom stereocenters. The van der Waals surface area contributed by atoms with Crippen LogP contribution < -0.4 is 4.90 Å². The fraction of sp³-hybridized carbons (Fsp3) is 0.348. The average molecular weight is 469 g/mol. The van der Waals surface area contributed by atoms with E-state index >= 15 is 0 Å². The van der Waals surface area contributed by atoms with Crippen LogP contribution in [0, 0.1) is 0 Å². The lowest BCUT2D eigenvalue weighted by atomic mass is 10.0. The van der Waals surface area contributed by atoms with Gasteiger partial charge in [0.05, 0.1) is 28.6 Å². The van der Waals surface area contributed by atoms with Gasteiger partial charge in [-0.2, -0.15) is 0 Å². The summed E-state index contributed by atoms with van der Waals surface area (Å²) in [5.41, 5.74) is 4.17. The smallest absolute Gasteiger partial charge is 0.242 e. The van der Waals surface area contributed by atoms with Gasteiger partial charge in [-0.05, 0) is 42.5 Å². The van der Waals surface area contributed by atoms with E-state index in [0.29, 0.717) is 17.4 Å². The Labute approximate surface area is 191 Å². The molecule has 166 valence electrons. The predicted octanol–water partition coefficient (Wildman–Crippen LogP) is 3.27. The number of carbonyl (C=O) groups is 1. The monoisotopic (exact) mass is 468 g/mol. The number of carbonyl (C=O) groups excluding carboxylic acids is 1. The normalized spacial score (nSPS) is 19.3. The van der Waals surface area contributed by atoms with Crippen molar-refractivity contribution in [3.05, 3.63) is 65.5 Å². The van der Waals surface area contributed by atoms with Gasteiger partial charge in [-0.3, -0.25) is 9.69 Å². The molecule has 1 amide bonds. The fourth-order valence-electron chi connectivity index (χ4n) is 4.55. The molecule has 5 rings (SSSR count). The zero-order valence-corrected chi connectivity index (χ0v) is 19.4. The molecule has 1 saturated heterocycles. The molecule has 3 aromatic rings. The summed E-state index contributed by atoms with van der Waals surface area (Å²) >= 11 is 1.33. The Kier molecular flexibility index (Phi) is 5.54. The molecule has 1 fully saturated rings. The van der Waals surface area contributed by atoms with E-state index in [4.69, 9.17) is 0 Å². The number of sulfone groups is 1. The molecule has 2 aliphatic heterocycles. The first-order valence-corrected chi connectivity index (χ1v) is 13.4. The van der Waals surface area contributed by atoms with Gasteiger partial charge < -0.3 is 4.57 Å². The molecule has 0 bridgehead atoms. The average Bonchev–Trinajstić information content (AvgIpc) is 3.27. The van der Waals surface area contributed by atoms with Gasteiger partial charge in [-0.25, -0.2) is 8.42 Å². The van der Waals surface area contributed by atoms with E-state index in [1.165, 1.54) is 11.8 Å². The van der Waals surface area contributed by atoms with E-state index in [9.17, 15) is 13.2 Å². The zero-order valence-electron chi connectivity index (χ0n) is 17.8. The van der Waals surface area contributed by atoms with E-state index in [-0.39, 0.29) is 29.1 Å². The second-order valence-electron chi connectivity index (χ2n) is 8.27. The Morgan fingerprint density at radius 3 is 2.25 bits per heavy atom.